The van der Waals surface area contributed by atoms with E-state index in [4.69, 9.17) is 4.74 Å². The lowest BCUT2D eigenvalue weighted by Gasteiger charge is -2.21. The van der Waals surface area contributed by atoms with E-state index < -0.39 is 6.43 Å². The fourth-order valence-corrected chi connectivity index (χ4v) is 2.72. The Morgan fingerprint density at radius 3 is 2.67 bits per heavy atom. The fourth-order valence-electron chi connectivity index (χ4n) is 2.72. The normalized spacial score (nSPS) is 17.9. The van der Waals surface area contributed by atoms with Crippen LogP contribution in [0.1, 0.15) is 18.9 Å². The summed E-state index contributed by atoms with van der Waals surface area (Å²) < 4.78 is 30.4. The average molecular weight is 298 g/mol. The molecule has 3 nitrogen and oxygen atoms in total. The van der Waals surface area contributed by atoms with Crippen LogP contribution in [0.5, 0.6) is 5.75 Å². The molecule has 1 aromatic carbocycles. The Hall–Kier alpha value is -1.20. The summed E-state index contributed by atoms with van der Waals surface area (Å²) in [6, 6.07) is 8.11. The van der Waals surface area contributed by atoms with E-state index in [1.165, 1.54) is 5.56 Å². The van der Waals surface area contributed by atoms with Crippen LogP contribution < -0.4 is 4.74 Å². The summed E-state index contributed by atoms with van der Waals surface area (Å²) in [5.74, 6) is 0.893. The van der Waals surface area contributed by atoms with Crippen molar-refractivity contribution in [3.63, 3.8) is 0 Å². The topological polar surface area (TPSA) is 15.7 Å². The maximum Gasteiger partial charge on any atom is 0.251 e. The average Bonchev–Trinajstić information content (AvgIpc) is 2.65. The highest BCUT2D eigenvalue weighted by atomic mass is 19.3. The number of hydrogen-bond acceptors (Lipinski definition) is 3. The number of benzene rings is 1. The van der Waals surface area contributed by atoms with Crippen molar-refractivity contribution in [2.45, 2.75) is 26.3 Å². The third-order valence-corrected chi connectivity index (χ3v) is 3.69. The molecule has 1 aliphatic heterocycles. The van der Waals surface area contributed by atoms with Crippen molar-refractivity contribution in [3.8, 4) is 5.75 Å². The number of halogens is 2. The quantitative estimate of drug-likeness (QED) is 0.803. The van der Waals surface area contributed by atoms with E-state index in [1.54, 1.807) is 0 Å². The minimum atomic E-state index is -2.24. The zero-order chi connectivity index (χ0) is 15.1. The first-order valence-corrected chi connectivity index (χ1v) is 7.62. The summed E-state index contributed by atoms with van der Waals surface area (Å²) >= 11 is 0. The summed E-state index contributed by atoms with van der Waals surface area (Å²) in [7, 11) is 0. The van der Waals surface area contributed by atoms with E-state index in [0.717, 1.165) is 44.9 Å². The van der Waals surface area contributed by atoms with E-state index in [0.29, 0.717) is 6.61 Å². The minimum Gasteiger partial charge on any atom is -0.494 e. The van der Waals surface area contributed by atoms with Crippen LogP contribution >= 0.6 is 0 Å². The molecule has 0 radical (unpaired) electrons. The van der Waals surface area contributed by atoms with Gasteiger partial charge in [-0.05, 0) is 44.1 Å². The van der Waals surface area contributed by atoms with Gasteiger partial charge < -0.3 is 4.74 Å². The molecule has 0 bridgehead atoms. The standard InChI is InChI=1S/C16H24F2N2O/c1-2-21-15-6-3-5-14(11-15)12-19-7-4-8-20(10-9-19)13-16(17)18/h3,5-6,11,16H,2,4,7-10,12-13H2,1H3. The van der Waals surface area contributed by atoms with Gasteiger partial charge >= 0.3 is 0 Å². The van der Waals surface area contributed by atoms with Gasteiger partial charge in [0.25, 0.3) is 6.43 Å². The molecule has 1 saturated heterocycles. The molecule has 0 spiro atoms. The molecule has 0 aliphatic carbocycles. The van der Waals surface area contributed by atoms with Crippen molar-refractivity contribution in [2.75, 3.05) is 39.3 Å². The third kappa shape index (κ3) is 5.59. The molecule has 0 atom stereocenters. The second-order valence-electron chi connectivity index (χ2n) is 5.40. The highest BCUT2D eigenvalue weighted by Crippen LogP contribution is 2.16. The van der Waals surface area contributed by atoms with E-state index in [9.17, 15) is 8.78 Å². The number of alkyl halides is 2. The van der Waals surface area contributed by atoms with Crippen molar-refractivity contribution < 1.29 is 13.5 Å². The van der Waals surface area contributed by atoms with Gasteiger partial charge in [0.2, 0.25) is 0 Å². The summed E-state index contributed by atoms with van der Waals surface area (Å²) in [5, 5.41) is 0. The summed E-state index contributed by atoms with van der Waals surface area (Å²) in [4.78, 5) is 4.19. The Kier molecular flexibility index (Phi) is 6.39. The van der Waals surface area contributed by atoms with Crippen molar-refractivity contribution >= 4 is 0 Å². The van der Waals surface area contributed by atoms with Crippen LogP contribution in [0.2, 0.25) is 0 Å². The SMILES string of the molecule is CCOc1cccc(CN2CCCN(CC(F)F)CC2)c1. The predicted molar refractivity (Wildman–Crippen MR) is 79.9 cm³/mol. The van der Waals surface area contributed by atoms with Crippen LogP contribution in [0.15, 0.2) is 24.3 Å². The predicted octanol–water partition coefficient (Wildman–Crippen LogP) is 2.86. The van der Waals surface area contributed by atoms with Crippen LogP contribution in [0.4, 0.5) is 8.78 Å². The highest BCUT2D eigenvalue weighted by molar-refractivity contribution is 5.28. The van der Waals surface area contributed by atoms with Gasteiger partial charge in [-0.25, -0.2) is 8.78 Å². The molecule has 0 amide bonds. The molecular formula is C16H24F2N2O. The van der Waals surface area contributed by atoms with Crippen LogP contribution in [0.3, 0.4) is 0 Å². The fraction of sp³-hybridized carbons (Fsp3) is 0.625. The van der Waals surface area contributed by atoms with Crippen LogP contribution in [-0.4, -0.2) is 55.6 Å². The highest BCUT2D eigenvalue weighted by Gasteiger charge is 2.17. The Balaban J connectivity index is 1.87. The van der Waals surface area contributed by atoms with Crippen LogP contribution in [-0.2, 0) is 6.54 Å². The molecule has 1 heterocycles. The van der Waals surface area contributed by atoms with Gasteiger partial charge in [0.05, 0.1) is 13.2 Å². The van der Waals surface area contributed by atoms with Gasteiger partial charge in [-0.2, -0.15) is 0 Å². The van der Waals surface area contributed by atoms with Crippen molar-refractivity contribution in [2.24, 2.45) is 0 Å². The van der Waals surface area contributed by atoms with Crippen LogP contribution in [0.25, 0.3) is 0 Å². The Bertz CT molecular complexity index is 428. The number of ether oxygens (including phenoxy) is 1. The maximum atomic E-state index is 12.4. The monoisotopic (exact) mass is 298 g/mol. The van der Waals surface area contributed by atoms with E-state index in [-0.39, 0.29) is 6.54 Å². The zero-order valence-corrected chi connectivity index (χ0v) is 12.6. The summed E-state index contributed by atoms with van der Waals surface area (Å²) in [6.45, 7) is 6.66. The lowest BCUT2D eigenvalue weighted by molar-refractivity contribution is 0.0897. The van der Waals surface area contributed by atoms with E-state index >= 15 is 0 Å². The van der Waals surface area contributed by atoms with Crippen molar-refractivity contribution in [1.82, 2.24) is 9.80 Å². The molecule has 0 aromatic heterocycles. The summed E-state index contributed by atoms with van der Waals surface area (Å²) in [5.41, 5.74) is 1.21. The first kappa shape index (κ1) is 16.2. The molecule has 2 rings (SSSR count). The Morgan fingerprint density at radius 2 is 1.90 bits per heavy atom. The number of rotatable bonds is 6. The van der Waals surface area contributed by atoms with E-state index in [2.05, 4.69) is 17.0 Å². The largest absolute Gasteiger partial charge is 0.494 e. The Labute approximate surface area is 125 Å². The molecule has 1 aliphatic rings. The number of nitrogens with zero attached hydrogens (tertiary/aromatic N) is 2. The molecule has 21 heavy (non-hydrogen) atoms. The molecule has 5 heteroatoms. The Morgan fingerprint density at radius 1 is 1.14 bits per heavy atom. The minimum absolute atomic E-state index is 0.104. The molecule has 0 unspecified atom stereocenters. The molecule has 0 saturated carbocycles. The molecular weight excluding hydrogens is 274 g/mol. The lowest BCUT2D eigenvalue weighted by Crippen LogP contribution is -2.33. The van der Waals surface area contributed by atoms with Gasteiger partial charge in [-0.3, -0.25) is 9.80 Å². The molecule has 0 N–H and O–H groups in total. The smallest absolute Gasteiger partial charge is 0.251 e. The first-order chi connectivity index (χ1) is 10.2. The summed E-state index contributed by atoms with van der Waals surface area (Å²) in [6.07, 6.45) is -1.29. The zero-order valence-electron chi connectivity index (χ0n) is 12.6. The number of hydrogen-bond donors (Lipinski definition) is 0. The second-order valence-corrected chi connectivity index (χ2v) is 5.40. The second kappa shape index (κ2) is 8.29. The molecule has 1 aromatic rings. The van der Waals surface area contributed by atoms with Gasteiger partial charge in [-0.15, -0.1) is 0 Å². The van der Waals surface area contributed by atoms with Crippen molar-refractivity contribution in [3.05, 3.63) is 29.8 Å². The van der Waals surface area contributed by atoms with Gasteiger partial charge in [-0.1, -0.05) is 12.1 Å². The van der Waals surface area contributed by atoms with Gasteiger partial charge in [0.1, 0.15) is 5.75 Å². The molecule has 118 valence electrons. The third-order valence-electron chi connectivity index (χ3n) is 3.69. The lowest BCUT2D eigenvalue weighted by atomic mass is 10.2. The molecule has 1 fully saturated rings. The van der Waals surface area contributed by atoms with Crippen LogP contribution in [0, 0.1) is 0 Å². The van der Waals surface area contributed by atoms with Gasteiger partial charge in [0.15, 0.2) is 0 Å². The van der Waals surface area contributed by atoms with E-state index in [1.807, 2.05) is 24.0 Å². The van der Waals surface area contributed by atoms with Gasteiger partial charge in [0, 0.05) is 19.6 Å². The first-order valence-electron chi connectivity index (χ1n) is 7.62. The van der Waals surface area contributed by atoms with Crippen molar-refractivity contribution in [1.29, 1.82) is 0 Å². The maximum absolute atomic E-state index is 12.4.